The predicted octanol–water partition coefficient (Wildman–Crippen LogP) is 3.00. The summed E-state index contributed by atoms with van der Waals surface area (Å²) in [6.07, 6.45) is 1.85. The van der Waals surface area contributed by atoms with E-state index in [1.54, 1.807) is 6.92 Å². The van der Waals surface area contributed by atoms with E-state index in [1.165, 1.54) is 11.1 Å². The molecule has 0 aliphatic carbocycles. The van der Waals surface area contributed by atoms with E-state index in [2.05, 4.69) is 46.2 Å². The van der Waals surface area contributed by atoms with Crippen molar-refractivity contribution in [3.63, 3.8) is 0 Å². The molecule has 4 heteroatoms. The Balaban J connectivity index is 1.58. The molecule has 27 heavy (non-hydrogen) atoms. The van der Waals surface area contributed by atoms with Gasteiger partial charge in [-0.15, -0.1) is 0 Å². The van der Waals surface area contributed by atoms with E-state index >= 15 is 0 Å². The van der Waals surface area contributed by atoms with Gasteiger partial charge in [0.2, 0.25) is 0 Å². The van der Waals surface area contributed by atoms with Crippen LogP contribution in [0.5, 0.6) is 0 Å². The van der Waals surface area contributed by atoms with Crippen molar-refractivity contribution in [2.45, 2.75) is 32.4 Å². The first kappa shape index (κ1) is 19.7. The Morgan fingerprint density at radius 3 is 2.59 bits per heavy atom. The maximum atomic E-state index is 11.6. The Hall–Kier alpha value is -2.01. The number of aliphatic hydroxyl groups excluding tert-OH is 1. The van der Waals surface area contributed by atoms with Crippen LogP contribution in [-0.2, 0) is 13.0 Å². The minimum absolute atomic E-state index is 0.112. The second kappa shape index (κ2) is 9.79. The summed E-state index contributed by atoms with van der Waals surface area (Å²) in [5, 5.41) is 9.51. The molecule has 1 saturated heterocycles. The molecule has 1 aliphatic rings. The van der Waals surface area contributed by atoms with E-state index in [9.17, 15) is 9.90 Å². The zero-order chi connectivity index (χ0) is 19.1. The van der Waals surface area contributed by atoms with E-state index in [-0.39, 0.29) is 12.4 Å². The molecule has 1 N–H and O–H groups in total. The van der Waals surface area contributed by atoms with Crippen LogP contribution >= 0.6 is 0 Å². The molecule has 144 valence electrons. The van der Waals surface area contributed by atoms with E-state index < -0.39 is 0 Å². The summed E-state index contributed by atoms with van der Waals surface area (Å²) in [6, 6.07) is 18.9. The summed E-state index contributed by atoms with van der Waals surface area (Å²) in [4.78, 5) is 16.6. The third kappa shape index (κ3) is 5.73. The molecule has 0 amide bonds. The molecule has 1 fully saturated rings. The summed E-state index contributed by atoms with van der Waals surface area (Å²) in [7, 11) is 0. The lowest BCUT2D eigenvalue weighted by Crippen LogP contribution is -2.53. The molecule has 0 radical (unpaired) electrons. The first-order chi connectivity index (χ1) is 13.2. The predicted molar refractivity (Wildman–Crippen MR) is 109 cm³/mol. The molecule has 0 spiro atoms. The third-order valence-electron chi connectivity index (χ3n) is 5.42. The molecule has 2 aromatic carbocycles. The van der Waals surface area contributed by atoms with Crippen LogP contribution in [0, 0.1) is 0 Å². The zero-order valence-electron chi connectivity index (χ0n) is 16.2. The molecule has 1 heterocycles. The number of hydrogen-bond donors (Lipinski definition) is 1. The Labute approximate surface area is 162 Å². The van der Waals surface area contributed by atoms with Crippen molar-refractivity contribution in [2.24, 2.45) is 0 Å². The lowest BCUT2D eigenvalue weighted by Gasteiger charge is -2.41. The van der Waals surface area contributed by atoms with Crippen LogP contribution in [0.2, 0.25) is 0 Å². The molecular weight excluding hydrogens is 336 g/mol. The van der Waals surface area contributed by atoms with Gasteiger partial charge in [0.25, 0.3) is 0 Å². The second-order valence-electron chi connectivity index (χ2n) is 7.43. The minimum Gasteiger partial charge on any atom is -0.396 e. The van der Waals surface area contributed by atoms with Crippen molar-refractivity contribution in [2.75, 3.05) is 32.8 Å². The van der Waals surface area contributed by atoms with Gasteiger partial charge in [0.15, 0.2) is 5.78 Å². The van der Waals surface area contributed by atoms with Crippen molar-refractivity contribution < 1.29 is 9.90 Å². The van der Waals surface area contributed by atoms with Gasteiger partial charge in [-0.05, 0) is 37.0 Å². The van der Waals surface area contributed by atoms with Gasteiger partial charge in [-0.25, -0.2) is 0 Å². The molecule has 0 unspecified atom stereocenters. The van der Waals surface area contributed by atoms with Crippen molar-refractivity contribution in [1.29, 1.82) is 0 Å². The van der Waals surface area contributed by atoms with Gasteiger partial charge in [-0.2, -0.15) is 0 Å². The maximum absolute atomic E-state index is 11.6. The van der Waals surface area contributed by atoms with Gasteiger partial charge in [-0.3, -0.25) is 14.6 Å². The van der Waals surface area contributed by atoms with Crippen LogP contribution in [0.3, 0.4) is 0 Å². The zero-order valence-corrected chi connectivity index (χ0v) is 16.2. The van der Waals surface area contributed by atoms with Crippen molar-refractivity contribution in [1.82, 2.24) is 9.80 Å². The Kier molecular flexibility index (Phi) is 7.16. The highest BCUT2D eigenvalue weighted by Gasteiger charge is 2.26. The van der Waals surface area contributed by atoms with Crippen LogP contribution in [0.25, 0.3) is 0 Å². The van der Waals surface area contributed by atoms with Crippen LogP contribution < -0.4 is 0 Å². The molecule has 4 nitrogen and oxygen atoms in total. The highest BCUT2D eigenvalue weighted by atomic mass is 16.3. The Bertz CT molecular complexity index is 732. The summed E-state index contributed by atoms with van der Waals surface area (Å²) in [5.41, 5.74) is 3.33. The number of nitrogens with zero attached hydrogens (tertiary/aromatic N) is 2. The highest BCUT2D eigenvalue weighted by Crippen LogP contribution is 2.17. The molecule has 0 bridgehead atoms. The SMILES string of the molecule is CC(=O)c1cccc(CN2CCN(CCc3ccccc3)[C@@H](CCO)C2)c1. The van der Waals surface area contributed by atoms with E-state index in [4.69, 9.17) is 0 Å². The van der Waals surface area contributed by atoms with Crippen molar-refractivity contribution in [3.05, 3.63) is 71.3 Å². The molecule has 3 rings (SSSR count). The van der Waals surface area contributed by atoms with E-state index in [0.717, 1.165) is 51.1 Å². The average Bonchev–Trinajstić information content (AvgIpc) is 2.69. The van der Waals surface area contributed by atoms with Crippen molar-refractivity contribution in [3.8, 4) is 0 Å². The number of carbonyl (C=O) groups is 1. The van der Waals surface area contributed by atoms with Gasteiger partial charge in [-0.1, -0.05) is 48.5 Å². The summed E-state index contributed by atoms with van der Waals surface area (Å²) >= 11 is 0. The smallest absolute Gasteiger partial charge is 0.159 e. The molecule has 1 aliphatic heterocycles. The Morgan fingerprint density at radius 1 is 1.07 bits per heavy atom. The number of piperazine rings is 1. The quantitative estimate of drug-likeness (QED) is 0.730. The normalized spacial score (nSPS) is 18.5. The average molecular weight is 367 g/mol. The Morgan fingerprint density at radius 2 is 1.85 bits per heavy atom. The molecule has 2 aromatic rings. The second-order valence-corrected chi connectivity index (χ2v) is 7.43. The van der Waals surface area contributed by atoms with Gasteiger partial charge < -0.3 is 5.11 Å². The molecule has 1 atom stereocenters. The van der Waals surface area contributed by atoms with Crippen LogP contribution in [0.1, 0.15) is 34.8 Å². The fourth-order valence-corrected chi connectivity index (χ4v) is 3.88. The fourth-order valence-electron chi connectivity index (χ4n) is 3.88. The number of carbonyl (C=O) groups excluding carboxylic acids is 1. The number of hydrogen-bond acceptors (Lipinski definition) is 4. The highest BCUT2D eigenvalue weighted by molar-refractivity contribution is 5.94. The standard InChI is InChI=1S/C23H30N2O2/c1-19(27)22-9-5-8-21(16-22)17-24-13-14-25(23(18-24)11-15-26)12-10-20-6-3-2-4-7-20/h2-9,16,23,26H,10-15,17-18H2,1H3/t23-/m0/s1. The number of Topliss-reactive ketones (excluding diaryl/α,β-unsaturated/α-hetero) is 1. The summed E-state index contributed by atoms with van der Waals surface area (Å²) < 4.78 is 0. The van der Waals surface area contributed by atoms with Crippen molar-refractivity contribution >= 4 is 5.78 Å². The number of rotatable bonds is 8. The topological polar surface area (TPSA) is 43.8 Å². The van der Waals surface area contributed by atoms with Gasteiger partial charge in [0, 0.05) is 50.9 Å². The van der Waals surface area contributed by atoms with Crippen LogP contribution in [0.4, 0.5) is 0 Å². The van der Waals surface area contributed by atoms with Crippen LogP contribution in [0.15, 0.2) is 54.6 Å². The first-order valence-corrected chi connectivity index (χ1v) is 9.87. The van der Waals surface area contributed by atoms with Crippen LogP contribution in [-0.4, -0.2) is 59.5 Å². The lowest BCUT2D eigenvalue weighted by molar-refractivity contribution is 0.0562. The fraction of sp³-hybridized carbons (Fsp3) is 0.435. The molecular formula is C23H30N2O2. The van der Waals surface area contributed by atoms with E-state index in [0.29, 0.717) is 6.04 Å². The van der Waals surface area contributed by atoms with E-state index in [1.807, 2.05) is 18.2 Å². The lowest BCUT2D eigenvalue weighted by atomic mass is 10.0. The summed E-state index contributed by atoms with van der Waals surface area (Å²) in [6.45, 7) is 6.71. The van der Waals surface area contributed by atoms with Gasteiger partial charge >= 0.3 is 0 Å². The van der Waals surface area contributed by atoms with Gasteiger partial charge in [0.1, 0.15) is 0 Å². The molecule has 0 saturated carbocycles. The largest absolute Gasteiger partial charge is 0.396 e. The minimum atomic E-state index is 0.112. The number of aliphatic hydroxyl groups is 1. The maximum Gasteiger partial charge on any atom is 0.159 e. The number of ketones is 1. The first-order valence-electron chi connectivity index (χ1n) is 9.87. The number of benzene rings is 2. The monoisotopic (exact) mass is 366 g/mol. The third-order valence-corrected chi connectivity index (χ3v) is 5.42. The molecule has 0 aromatic heterocycles. The summed E-state index contributed by atoms with van der Waals surface area (Å²) in [5.74, 6) is 0.112. The van der Waals surface area contributed by atoms with Gasteiger partial charge in [0.05, 0.1) is 0 Å².